The monoisotopic (exact) mass is 383 g/mol. The second kappa shape index (κ2) is 7.81. The Labute approximate surface area is 145 Å². The summed E-state index contributed by atoms with van der Waals surface area (Å²) in [5.74, 6) is -4.29. The lowest BCUT2D eigenvalue weighted by molar-refractivity contribution is -0.143. The van der Waals surface area contributed by atoms with Crippen LogP contribution < -0.4 is 10.5 Å². The number of halogens is 2. The first-order valence-electron chi connectivity index (χ1n) is 8.18. The Balaban J connectivity index is 1.96. The molecule has 144 valence electrons. The number of hydrogen-bond acceptors (Lipinski definition) is 5. The molecule has 11 heteroatoms. The molecule has 0 radical (unpaired) electrons. The van der Waals surface area contributed by atoms with E-state index in [0.717, 1.165) is 24.2 Å². The van der Waals surface area contributed by atoms with E-state index in [2.05, 4.69) is 4.72 Å². The van der Waals surface area contributed by atoms with Crippen molar-refractivity contribution in [2.24, 2.45) is 5.73 Å². The van der Waals surface area contributed by atoms with E-state index in [1.54, 1.807) is 0 Å². The molecule has 2 rings (SSSR count). The molecule has 1 saturated heterocycles. The van der Waals surface area contributed by atoms with Gasteiger partial charge in [-0.05, 0) is 19.3 Å². The number of carbonyl (C=O) groups is 2. The Morgan fingerprint density at radius 2 is 2.00 bits per heavy atom. The zero-order valence-corrected chi connectivity index (χ0v) is 14.6. The molecule has 0 unspecified atom stereocenters. The molecule has 0 aromatic carbocycles. The van der Waals surface area contributed by atoms with Crippen LogP contribution in [0.3, 0.4) is 0 Å². The molecular weight excluding hydrogens is 360 g/mol. The van der Waals surface area contributed by atoms with Gasteiger partial charge in [0.1, 0.15) is 11.9 Å². The molecule has 1 saturated carbocycles. The number of hydrogen-bond donors (Lipinski definition) is 2. The van der Waals surface area contributed by atoms with E-state index in [1.807, 2.05) is 0 Å². The number of likely N-dealkylation sites (tertiary alicyclic amines) is 1. The summed E-state index contributed by atoms with van der Waals surface area (Å²) in [5, 5.41) is 0. The second-order valence-electron chi connectivity index (χ2n) is 6.56. The highest BCUT2D eigenvalue weighted by molar-refractivity contribution is 7.89. The summed E-state index contributed by atoms with van der Waals surface area (Å²) in [6.45, 7) is -0.563. The van der Waals surface area contributed by atoms with Crippen molar-refractivity contribution in [3.63, 3.8) is 0 Å². The van der Waals surface area contributed by atoms with E-state index in [4.69, 9.17) is 10.5 Å². The summed E-state index contributed by atoms with van der Waals surface area (Å²) >= 11 is 0. The van der Waals surface area contributed by atoms with Crippen LogP contribution in [0.1, 0.15) is 38.5 Å². The molecule has 1 aliphatic carbocycles. The number of ether oxygens (including phenoxy) is 1. The zero-order chi connectivity index (χ0) is 18.7. The van der Waals surface area contributed by atoms with Gasteiger partial charge in [0, 0.05) is 19.0 Å². The van der Waals surface area contributed by atoms with Crippen LogP contribution in [0.4, 0.5) is 13.6 Å². The van der Waals surface area contributed by atoms with Crippen molar-refractivity contribution in [1.82, 2.24) is 9.62 Å². The fraction of sp³-hybridized carbons (Fsp3) is 0.857. The van der Waals surface area contributed by atoms with Gasteiger partial charge in [0.2, 0.25) is 15.9 Å². The van der Waals surface area contributed by atoms with Crippen LogP contribution in [0.25, 0.3) is 0 Å². The lowest BCUT2D eigenvalue weighted by atomic mass is 9.94. The fourth-order valence-corrected chi connectivity index (χ4v) is 4.39. The van der Waals surface area contributed by atoms with Gasteiger partial charge in [-0.2, -0.15) is 0 Å². The number of nitrogens with zero attached hydrogens (tertiary/aromatic N) is 1. The third-order valence-electron chi connectivity index (χ3n) is 4.29. The Kier molecular flexibility index (Phi) is 6.20. The van der Waals surface area contributed by atoms with Crippen molar-refractivity contribution in [3.8, 4) is 0 Å². The third-order valence-corrected chi connectivity index (χ3v) is 5.79. The molecule has 0 aromatic rings. The fourth-order valence-electron chi connectivity index (χ4n) is 2.87. The van der Waals surface area contributed by atoms with Crippen LogP contribution in [0, 0.1) is 0 Å². The number of amides is 2. The summed E-state index contributed by atoms with van der Waals surface area (Å²) in [6, 6.07) is -0.157. The van der Waals surface area contributed by atoms with Gasteiger partial charge in [-0.3, -0.25) is 4.79 Å². The summed E-state index contributed by atoms with van der Waals surface area (Å²) in [5.41, 5.74) is 4.93. The van der Waals surface area contributed by atoms with E-state index >= 15 is 0 Å². The average molecular weight is 383 g/mol. The number of nitrogens with two attached hydrogens (primary N) is 1. The normalized spacial score (nSPS) is 22.1. The maximum absolute atomic E-state index is 13.4. The third kappa shape index (κ3) is 6.38. The minimum Gasteiger partial charge on any atom is -0.445 e. The largest absolute Gasteiger partial charge is 0.445 e. The highest BCUT2D eigenvalue weighted by atomic mass is 32.2. The van der Waals surface area contributed by atoms with Crippen molar-refractivity contribution < 1.29 is 31.5 Å². The van der Waals surface area contributed by atoms with E-state index in [-0.39, 0.29) is 25.4 Å². The van der Waals surface area contributed by atoms with Gasteiger partial charge in [0.15, 0.2) is 0 Å². The quantitative estimate of drug-likeness (QED) is 0.666. The van der Waals surface area contributed by atoms with Crippen LogP contribution in [0.5, 0.6) is 0 Å². The van der Waals surface area contributed by atoms with Crippen LogP contribution >= 0.6 is 0 Å². The van der Waals surface area contributed by atoms with Gasteiger partial charge < -0.3 is 15.4 Å². The topological polar surface area (TPSA) is 119 Å². The van der Waals surface area contributed by atoms with Crippen molar-refractivity contribution in [2.75, 3.05) is 18.8 Å². The number of sulfonamides is 1. The molecule has 1 heterocycles. The van der Waals surface area contributed by atoms with E-state index in [1.165, 1.54) is 0 Å². The second-order valence-corrected chi connectivity index (χ2v) is 8.36. The molecule has 0 bridgehead atoms. The van der Waals surface area contributed by atoms with E-state index in [0.29, 0.717) is 0 Å². The molecule has 3 N–H and O–H groups in total. The molecule has 8 nitrogen and oxygen atoms in total. The maximum atomic E-state index is 13.4. The van der Waals surface area contributed by atoms with Crippen LogP contribution in [0.2, 0.25) is 0 Å². The van der Waals surface area contributed by atoms with Gasteiger partial charge in [0.25, 0.3) is 5.92 Å². The summed E-state index contributed by atoms with van der Waals surface area (Å²) in [6.07, 6.45) is -0.816. The molecule has 1 atom stereocenters. The number of rotatable bonds is 7. The predicted molar refractivity (Wildman–Crippen MR) is 84.4 cm³/mol. The van der Waals surface area contributed by atoms with Crippen LogP contribution in [-0.2, 0) is 19.6 Å². The number of piperidine rings is 1. The predicted octanol–water partition coefficient (Wildman–Crippen LogP) is 0.570. The standard InChI is InChI=1S/C14H23F2N3O5S/c15-14(16)5-2-6-19(9-14)12(20)7-11(24-13(17)21)8-25(22,23)18-10-3-1-4-10/h10-11,18H,1-9H2,(H2,17,21)/t11-/m0/s1. The van der Waals surface area contributed by atoms with Gasteiger partial charge in [-0.25, -0.2) is 26.7 Å². The highest BCUT2D eigenvalue weighted by Gasteiger charge is 2.38. The van der Waals surface area contributed by atoms with E-state index in [9.17, 15) is 26.8 Å². The smallest absolute Gasteiger partial charge is 0.404 e. The first kappa shape index (κ1) is 19.8. The number of nitrogens with one attached hydrogen (secondary N) is 1. The average Bonchev–Trinajstić information content (AvgIpc) is 2.40. The van der Waals surface area contributed by atoms with Crippen LogP contribution in [-0.4, -0.2) is 62.2 Å². The zero-order valence-electron chi connectivity index (χ0n) is 13.7. The number of primary amides is 1. The Hall–Kier alpha value is -1.49. The molecular formula is C14H23F2N3O5S. The SMILES string of the molecule is NC(=O)O[C@@H](CC(=O)N1CCCC(F)(F)C1)CS(=O)(=O)NC1CCC1. The Bertz CT molecular complexity index is 610. The van der Waals surface area contributed by atoms with Gasteiger partial charge >= 0.3 is 6.09 Å². The maximum Gasteiger partial charge on any atom is 0.404 e. The molecule has 1 aliphatic heterocycles. The molecule has 2 amide bonds. The molecule has 2 fully saturated rings. The van der Waals surface area contributed by atoms with Crippen molar-refractivity contribution >= 4 is 22.0 Å². The Morgan fingerprint density at radius 3 is 2.52 bits per heavy atom. The van der Waals surface area contributed by atoms with Gasteiger partial charge in [-0.1, -0.05) is 6.42 Å². The minimum atomic E-state index is -3.79. The lowest BCUT2D eigenvalue weighted by Crippen LogP contribution is -2.48. The summed E-state index contributed by atoms with van der Waals surface area (Å²) in [4.78, 5) is 24.1. The van der Waals surface area contributed by atoms with Gasteiger partial charge in [0.05, 0.1) is 13.0 Å². The van der Waals surface area contributed by atoms with E-state index < -0.39 is 52.8 Å². The Morgan fingerprint density at radius 1 is 1.32 bits per heavy atom. The summed E-state index contributed by atoms with van der Waals surface area (Å²) in [7, 11) is -3.79. The van der Waals surface area contributed by atoms with Crippen molar-refractivity contribution in [3.05, 3.63) is 0 Å². The molecule has 2 aliphatic rings. The van der Waals surface area contributed by atoms with Crippen molar-refractivity contribution in [1.29, 1.82) is 0 Å². The number of carbonyl (C=O) groups excluding carboxylic acids is 2. The molecule has 25 heavy (non-hydrogen) atoms. The first-order chi connectivity index (χ1) is 11.6. The minimum absolute atomic E-state index is 0.154. The van der Waals surface area contributed by atoms with Crippen molar-refractivity contribution in [2.45, 2.75) is 56.6 Å². The van der Waals surface area contributed by atoms with Gasteiger partial charge in [-0.15, -0.1) is 0 Å². The first-order valence-corrected chi connectivity index (χ1v) is 9.83. The molecule has 0 spiro atoms. The number of alkyl halides is 2. The highest BCUT2D eigenvalue weighted by Crippen LogP contribution is 2.27. The molecule has 0 aromatic heterocycles. The summed E-state index contributed by atoms with van der Waals surface area (Å²) < 4.78 is 58.2. The van der Waals surface area contributed by atoms with Crippen LogP contribution in [0.15, 0.2) is 0 Å². The lowest BCUT2D eigenvalue weighted by Gasteiger charge is -2.33.